The highest BCUT2D eigenvalue weighted by Gasteiger charge is 2.11. The van der Waals surface area contributed by atoms with Crippen molar-refractivity contribution in [1.29, 1.82) is 0 Å². The summed E-state index contributed by atoms with van der Waals surface area (Å²) >= 11 is 1.75. The van der Waals surface area contributed by atoms with Crippen LogP contribution >= 0.6 is 11.8 Å². The SMILES string of the molecule is CC(C)CNC(=O)CCNC1=NCC(C)CS1. The van der Waals surface area contributed by atoms with Gasteiger partial charge < -0.3 is 10.6 Å². The van der Waals surface area contributed by atoms with Crippen molar-refractivity contribution in [3.05, 3.63) is 0 Å². The third kappa shape index (κ3) is 6.56. The number of nitrogens with one attached hydrogen (secondary N) is 2. The molecule has 1 aliphatic heterocycles. The molecule has 0 spiro atoms. The zero-order chi connectivity index (χ0) is 12.7. The number of nitrogens with zero attached hydrogens (tertiary/aromatic N) is 1. The van der Waals surface area contributed by atoms with Crippen molar-refractivity contribution in [1.82, 2.24) is 10.6 Å². The fourth-order valence-corrected chi connectivity index (χ4v) is 2.27. The number of amidine groups is 1. The molecule has 0 saturated carbocycles. The average molecular weight is 257 g/mol. The molecular weight excluding hydrogens is 234 g/mol. The Morgan fingerprint density at radius 2 is 2.35 bits per heavy atom. The molecular formula is C12H23N3OS. The van der Waals surface area contributed by atoms with E-state index in [0.717, 1.165) is 24.0 Å². The van der Waals surface area contributed by atoms with Crippen LogP contribution in [0.5, 0.6) is 0 Å². The first-order chi connectivity index (χ1) is 8.08. The Bertz CT molecular complexity index is 279. The van der Waals surface area contributed by atoms with Crippen LogP contribution in [0.2, 0.25) is 0 Å². The lowest BCUT2D eigenvalue weighted by atomic mass is 10.2. The highest BCUT2D eigenvalue weighted by molar-refractivity contribution is 8.13. The summed E-state index contributed by atoms with van der Waals surface area (Å²) in [5.74, 6) is 2.40. The minimum atomic E-state index is 0.112. The molecule has 0 radical (unpaired) electrons. The number of hydrogen-bond acceptors (Lipinski definition) is 4. The second-order valence-electron chi connectivity index (χ2n) is 4.94. The van der Waals surface area contributed by atoms with Crippen LogP contribution in [0.1, 0.15) is 27.2 Å². The van der Waals surface area contributed by atoms with Crippen molar-refractivity contribution in [3.63, 3.8) is 0 Å². The number of amides is 1. The molecule has 0 aromatic heterocycles. The van der Waals surface area contributed by atoms with Crippen LogP contribution in [-0.4, -0.2) is 36.5 Å². The van der Waals surface area contributed by atoms with Crippen molar-refractivity contribution in [2.45, 2.75) is 27.2 Å². The molecule has 0 aromatic carbocycles. The Hall–Kier alpha value is -0.710. The first-order valence-corrected chi connectivity index (χ1v) is 7.24. The van der Waals surface area contributed by atoms with Crippen LogP contribution in [0.3, 0.4) is 0 Å². The Morgan fingerprint density at radius 3 is 2.94 bits per heavy atom. The maximum Gasteiger partial charge on any atom is 0.221 e. The van der Waals surface area contributed by atoms with Gasteiger partial charge in [0.2, 0.25) is 5.91 Å². The van der Waals surface area contributed by atoms with Gasteiger partial charge in [-0.1, -0.05) is 32.5 Å². The van der Waals surface area contributed by atoms with Gasteiger partial charge in [0.1, 0.15) is 0 Å². The van der Waals surface area contributed by atoms with E-state index in [0.29, 0.717) is 24.8 Å². The smallest absolute Gasteiger partial charge is 0.221 e. The van der Waals surface area contributed by atoms with Crippen molar-refractivity contribution < 1.29 is 4.79 Å². The minimum absolute atomic E-state index is 0.112. The van der Waals surface area contributed by atoms with Gasteiger partial charge in [-0.3, -0.25) is 9.79 Å². The van der Waals surface area contributed by atoms with E-state index in [1.807, 2.05) is 0 Å². The van der Waals surface area contributed by atoms with Crippen LogP contribution in [0, 0.1) is 11.8 Å². The zero-order valence-electron chi connectivity index (χ0n) is 11.0. The highest BCUT2D eigenvalue weighted by atomic mass is 32.2. The second-order valence-corrected chi connectivity index (χ2v) is 5.95. The second kappa shape index (κ2) is 7.58. The molecule has 2 N–H and O–H groups in total. The van der Waals surface area contributed by atoms with Gasteiger partial charge in [-0.05, 0) is 11.8 Å². The number of rotatable bonds is 5. The van der Waals surface area contributed by atoms with Crippen LogP contribution in [0.15, 0.2) is 4.99 Å². The Kier molecular flexibility index (Phi) is 6.40. The Balaban J connectivity index is 2.09. The maximum absolute atomic E-state index is 11.4. The molecule has 1 rings (SSSR count). The van der Waals surface area contributed by atoms with E-state index in [1.165, 1.54) is 0 Å². The zero-order valence-corrected chi connectivity index (χ0v) is 11.8. The van der Waals surface area contributed by atoms with Crippen molar-refractivity contribution in [2.75, 3.05) is 25.4 Å². The maximum atomic E-state index is 11.4. The molecule has 0 fully saturated rings. The van der Waals surface area contributed by atoms with Gasteiger partial charge in [0.15, 0.2) is 5.17 Å². The quantitative estimate of drug-likeness (QED) is 0.784. The van der Waals surface area contributed by atoms with Crippen molar-refractivity contribution >= 4 is 22.8 Å². The predicted octanol–water partition coefficient (Wildman–Crippen LogP) is 1.48. The number of hydrogen-bond donors (Lipinski definition) is 2. The fraction of sp³-hybridized carbons (Fsp3) is 0.833. The van der Waals surface area contributed by atoms with Gasteiger partial charge in [0.05, 0.1) is 0 Å². The lowest BCUT2D eigenvalue weighted by Crippen LogP contribution is -2.32. The molecule has 1 aliphatic rings. The Morgan fingerprint density at radius 1 is 1.59 bits per heavy atom. The molecule has 1 unspecified atom stereocenters. The highest BCUT2D eigenvalue weighted by Crippen LogP contribution is 2.15. The van der Waals surface area contributed by atoms with E-state index in [4.69, 9.17) is 0 Å². The minimum Gasteiger partial charge on any atom is -0.364 e. The van der Waals surface area contributed by atoms with Gasteiger partial charge in [-0.25, -0.2) is 0 Å². The number of aliphatic imine (C=N–C) groups is 1. The van der Waals surface area contributed by atoms with Gasteiger partial charge in [-0.15, -0.1) is 0 Å². The van der Waals surface area contributed by atoms with E-state index in [1.54, 1.807) is 11.8 Å². The lowest BCUT2D eigenvalue weighted by molar-refractivity contribution is -0.121. The summed E-state index contributed by atoms with van der Waals surface area (Å²) in [7, 11) is 0. The summed E-state index contributed by atoms with van der Waals surface area (Å²) in [6, 6.07) is 0. The van der Waals surface area contributed by atoms with E-state index >= 15 is 0 Å². The standard InChI is InChI=1S/C12H23N3OS/c1-9(2)6-14-11(16)4-5-13-12-15-7-10(3)8-17-12/h9-10H,4-8H2,1-3H3,(H,13,15)(H,14,16). The summed E-state index contributed by atoms with van der Waals surface area (Å²) in [6.45, 7) is 8.71. The number of carbonyl (C=O) groups excluding carboxylic acids is 1. The summed E-state index contributed by atoms with van der Waals surface area (Å²) in [4.78, 5) is 15.9. The molecule has 5 heteroatoms. The van der Waals surface area contributed by atoms with E-state index < -0.39 is 0 Å². The summed E-state index contributed by atoms with van der Waals surface area (Å²) < 4.78 is 0. The van der Waals surface area contributed by atoms with E-state index in [-0.39, 0.29) is 5.91 Å². The predicted molar refractivity (Wildman–Crippen MR) is 74.4 cm³/mol. The topological polar surface area (TPSA) is 53.5 Å². The Labute approximate surface area is 108 Å². The van der Waals surface area contributed by atoms with Crippen molar-refractivity contribution in [3.8, 4) is 0 Å². The summed E-state index contributed by atoms with van der Waals surface area (Å²) in [5, 5.41) is 7.10. The lowest BCUT2D eigenvalue weighted by Gasteiger charge is -2.17. The molecule has 0 saturated heterocycles. The molecule has 1 atom stereocenters. The first kappa shape index (κ1) is 14.4. The first-order valence-electron chi connectivity index (χ1n) is 6.25. The molecule has 4 nitrogen and oxygen atoms in total. The third-order valence-corrected chi connectivity index (χ3v) is 3.67. The molecule has 1 amide bonds. The normalized spacial score (nSPS) is 20.0. The van der Waals surface area contributed by atoms with Gasteiger partial charge in [0, 0.05) is 31.8 Å². The van der Waals surface area contributed by atoms with E-state index in [2.05, 4.69) is 36.4 Å². The molecule has 0 aliphatic carbocycles. The van der Waals surface area contributed by atoms with Crippen molar-refractivity contribution in [2.24, 2.45) is 16.8 Å². The summed E-state index contributed by atoms with van der Waals surface area (Å²) in [6.07, 6.45) is 0.516. The van der Waals surface area contributed by atoms with Gasteiger partial charge in [0.25, 0.3) is 0 Å². The molecule has 1 heterocycles. The number of thioether (sulfide) groups is 1. The molecule has 98 valence electrons. The molecule has 17 heavy (non-hydrogen) atoms. The van der Waals surface area contributed by atoms with Gasteiger partial charge >= 0.3 is 0 Å². The number of carbonyl (C=O) groups is 1. The van der Waals surface area contributed by atoms with Crippen LogP contribution in [-0.2, 0) is 4.79 Å². The average Bonchev–Trinajstić information content (AvgIpc) is 2.29. The van der Waals surface area contributed by atoms with Crippen LogP contribution in [0.25, 0.3) is 0 Å². The van der Waals surface area contributed by atoms with Gasteiger partial charge in [-0.2, -0.15) is 0 Å². The van der Waals surface area contributed by atoms with Crippen LogP contribution in [0.4, 0.5) is 0 Å². The van der Waals surface area contributed by atoms with Crippen LogP contribution < -0.4 is 10.6 Å². The molecule has 0 aromatic rings. The summed E-state index contributed by atoms with van der Waals surface area (Å²) in [5.41, 5.74) is 0. The largest absolute Gasteiger partial charge is 0.364 e. The fourth-order valence-electron chi connectivity index (χ4n) is 1.35. The molecule has 0 bridgehead atoms. The third-order valence-electron chi connectivity index (χ3n) is 2.39. The van der Waals surface area contributed by atoms with E-state index in [9.17, 15) is 4.79 Å². The monoisotopic (exact) mass is 257 g/mol.